The van der Waals surface area contributed by atoms with Crippen LogP contribution in [0.2, 0.25) is 0 Å². The van der Waals surface area contributed by atoms with Crippen LogP contribution in [0.15, 0.2) is 39.9 Å². The summed E-state index contributed by atoms with van der Waals surface area (Å²) >= 11 is 3.37. The Morgan fingerprint density at radius 3 is 2.71 bits per heavy atom. The fraction of sp³-hybridized carbons (Fsp3) is 0.273. The number of nitrogens with one attached hydrogen (secondary N) is 2. The second-order valence-electron chi connectivity index (χ2n) is 6.67. The van der Waals surface area contributed by atoms with Gasteiger partial charge in [0.25, 0.3) is 11.8 Å². The number of nitrogens with zero attached hydrogens (tertiary/aromatic N) is 1. The van der Waals surface area contributed by atoms with E-state index >= 15 is 0 Å². The van der Waals surface area contributed by atoms with Crippen molar-refractivity contribution in [1.29, 1.82) is 0 Å². The molecule has 2 aromatic rings. The van der Waals surface area contributed by atoms with Crippen molar-refractivity contribution >= 4 is 39.9 Å². The first-order valence-corrected chi connectivity index (χ1v) is 10.9. The number of hydrogen-bond donors (Lipinski definition) is 2. The van der Waals surface area contributed by atoms with Crippen molar-refractivity contribution in [3.8, 4) is 23.0 Å². The normalized spacial score (nSPS) is 11.7. The number of amides is 2. The lowest BCUT2D eigenvalue weighted by atomic mass is 10.2. The molecular weight excluding hydrogens is 514 g/mol. The molecule has 0 atom stereocenters. The maximum Gasteiger partial charge on any atom is 0.343 e. The third-order valence-electron chi connectivity index (χ3n) is 4.34. The number of carbonyl (C=O) groups is 3. The number of esters is 1. The zero-order valence-corrected chi connectivity index (χ0v) is 20.0. The summed E-state index contributed by atoms with van der Waals surface area (Å²) in [6.45, 7) is 1.71. The zero-order valence-electron chi connectivity index (χ0n) is 18.4. The van der Waals surface area contributed by atoms with E-state index in [1.54, 1.807) is 37.3 Å². The highest BCUT2D eigenvalue weighted by Crippen LogP contribution is 2.36. The van der Waals surface area contributed by atoms with Crippen molar-refractivity contribution < 1.29 is 38.1 Å². The molecule has 1 aliphatic rings. The number of methoxy groups -OCH3 is 1. The van der Waals surface area contributed by atoms with Crippen LogP contribution in [0.5, 0.6) is 23.0 Å². The van der Waals surface area contributed by atoms with Gasteiger partial charge in [-0.15, -0.1) is 0 Å². The maximum absolute atomic E-state index is 12.2. The Bertz CT molecular complexity index is 1110. The van der Waals surface area contributed by atoms with Gasteiger partial charge in [0.15, 0.2) is 29.6 Å². The van der Waals surface area contributed by atoms with Crippen LogP contribution in [0.4, 0.5) is 0 Å². The summed E-state index contributed by atoms with van der Waals surface area (Å²) in [5.74, 6) is 0.252. The quantitative estimate of drug-likeness (QED) is 0.268. The molecular formula is C22H22BrN3O8. The number of ether oxygens (including phenoxy) is 5. The molecule has 2 amide bonds. The van der Waals surface area contributed by atoms with Crippen molar-refractivity contribution in [3.05, 3.63) is 45.9 Å². The molecule has 0 saturated heterocycles. The molecule has 34 heavy (non-hydrogen) atoms. The minimum absolute atomic E-state index is 0.104. The molecule has 0 aliphatic carbocycles. The van der Waals surface area contributed by atoms with Crippen LogP contribution < -0.4 is 29.7 Å². The average molecular weight is 536 g/mol. The van der Waals surface area contributed by atoms with Gasteiger partial charge in [0, 0.05) is 5.56 Å². The third-order valence-corrected chi connectivity index (χ3v) is 4.93. The molecule has 0 radical (unpaired) electrons. The van der Waals surface area contributed by atoms with Gasteiger partial charge in [0.2, 0.25) is 6.79 Å². The fourth-order valence-corrected chi connectivity index (χ4v) is 3.35. The smallest absolute Gasteiger partial charge is 0.343 e. The second kappa shape index (κ2) is 11.9. The molecule has 3 rings (SSSR count). The first-order valence-electron chi connectivity index (χ1n) is 10.1. The summed E-state index contributed by atoms with van der Waals surface area (Å²) < 4.78 is 26.6. The Morgan fingerprint density at radius 2 is 1.94 bits per heavy atom. The van der Waals surface area contributed by atoms with Gasteiger partial charge in [0.1, 0.15) is 0 Å². The van der Waals surface area contributed by atoms with Crippen LogP contribution in [-0.2, 0) is 14.3 Å². The molecule has 11 nitrogen and oxygen atoms in total. The lowest BCUT2D eigenvalue weighted by Crippen LogP contribution is -2.34. The SMILES string of the molecule is CCOc1cc(C=NNC(=O)CNC(=O)c2ccc3c(c2)OCO3)cc(Br)c1OCC(=O)OC. The van der Waals surface area contributed by atoms with E-state index in [0.717, 1.165) is 0 Å². The number of hydrogen-bond acceptors (Lipinski definition) is 9. The fourth-order valence-electron chi connectivity index (χ4n) is 2.77. The van der Waals surface area contributed by atoms with Crippen LogP contribution in [0, 0.1) is 0 Å². The van der Waals surface area contributed by atoms with Crippen molar-refractivity contribution in [2.45, 2.75) is 6.92 Å². The summed E-state index contributed by atoms with van der Waals surface area (Å²) in [6.07, 6.45) is 1.40. The highest BCUT2D eigenvalue weighted by Gasteiger charge is 2.17. The maximum atomic E-state index is 12.2. The van der Waals surface area contributed by atoms with Gasteiger partial charge in [-0.1, -0.05) is 0 Å². The lowest BCUT2D eigenvalue weighted by Gasteiger charge is -2.13. The predicted molar refractivity (Wildman–Crippen MR) is 123 cm³/mol. The number of rotatable bonds is 10. The summed E-state index contributed by atoms with van der Waals surface area (Å²) in [4.78, 5) is 35.6. The summed E-state index contributed by atoms with van der Waals surface area (Å²) in [7, 11) is 1.26. The highest BCUT2D eigenvalue weighted by molar-refractivity contribution is 9.10. The number of hydrazone groups is 1. The number of halogens is 1. The van der Waals surface area contributed by atoms with E-state index in [9.17, 15) is 14.4 Å². The zero-order chi connectivity index (χ0) is 24.5. The Labute approximate surface area is 203 Å². The van der Waals surface area contributed by atoms with Gasteiger partial charge < -0.3 is 29.0 Å². The van der Waals surface area contributed by atoms with Gasteiger partial charge in [-0.3, -0.25) is 9.59 Å². The predicted octanol–water partition coefficient (Wildman–Crippen LogP) is 2.01. The largest absolute Gasteiger partial charge is 0.490 e. The Morgan fingerprint density at radius 1 is 1.15 bits per heavy atom. The minimum atomic E-state index is -0.534. The molecule has 0 saturated carbocycles. The van der Waals surface area contributed by atoms with Crippen LogP contribution in [0.1, 0.15) is 22.8 Å². The van der Waals surface area contributed by atoms with Gasteiger partial charge in [-0.25, -0.2) is 10.2 Å². The monoisotopic (exact) mass is 535 g/mol. The Balaban J connectivity index is 1.54. The first-order chi connectivity index (χ1) is 16.4. The van der Waals surface area contributed by atoms with E-state index < -0.39 is 17.8 Å². The van der Waals surface area contributed by atoms with E-state index in [4.69, 9.17) is 18.9 Å². The standard InChI is InChI=1S/C22H22BrN3O8/c1-3-31-18-7-13(6-15(23)21(18)32-11-20(28)30-2)9-25-26-19(27)10-24-22(29)14-4-5-16-17(8-14)34-12-33-16/h4-9H,3,10-12H2,1-2H3,(H,24,29)(H,26,27). The third kappa shape index (κ3) is 6.61. The number of benzene rings is 2. The van der Waals surface area contributed by atoms with Crippen LogP contribution >= 0.6 is 15.9 Å². The topological polar surface area (TPSA) is 134 Å². The molecule has 1 heterocycles. The molecule has 0 spiro atoms. The lowest BCUT2D eigenvalue weighted by molar-refractivity contribution is -0.143. The van der Waals surface area contributed by atoms with Crippen LogP contribution in [0.25, 0.3) is 0 Å². The Hall–Kier alpha value is -3.80. The van der Waals surface area contributed by atoms with Gasteiger partial charge in [0.05, 0.1) is 30.9 Å². The summed E-state index contributed by atoms with van der Waals surface area (Å²) in [5.41, 5.74) is 3.26. The molecule has 0 fully saturated rings. The Kier molecular flexibility index (Phi) is 8.68. The molecule has 2 N–H and O–H groups in total. The summed E-state index contributed by atoms with van der Waals surface area (Å²) in [5, 5.41) is 6.40. The van der Waals surface area contributed by atoms with E-state index in [1.807, 2.05) is 0 Å². The molecule has 12 heteroatoms. The second-order valence-corrected chi connectivity index (χ2v) is 7.53. The summed E-state index contributed by atoms with van der Waals surface area (Å²) in [6, 6.07) is 8.05. The average Bonchev–Trinajstić information content (AvgIpc) is 3.30. The first kappa shape index (κ1) is 24.8. The highest BCUT2D eigenvalue weighted by atomic mass is 79.9. The van der Waals surface area contributed by atoms with Gasteiger partial charge in [-0.05, 0) is 58.7 Å². The van der Waals surface area contributed by atoms with Crippen molar-refractivity contribution in [1.82, 2.24) is 10.7 Å². The molecule has 2 aromatic carbocycles. The molecule has 0 bridgehead atoms. The van der Waals surface area contributed by atoms with Gasteiger partial charge >= 0.3 is 5.97 Å². The molecule has 0 unspecified atom stereocenters. The van der Waals surface area contributed by atoms with Crippen LogP contribution in [-0.4, -0.2) is 57.7 Å². The van der Waals surface area contributed by atoms with Gasteiger partial charge in [-0.2, -0.15) is 5.10 Å². The number of carbonyl (C=O) groups excluding carboxylic acids is 3. The molecule has 1 aliphatic heterocycles. The van der Waals surface area contributed by atoms with Crippen molar-refractivity contribution in [2.75, 3.05) is 33.7 Å². The van der Waals surface area contributed by atoms with Crippen LogP contribution in [0.3, 0.4) is 0 Å². The minimum Gasteiger partial charge on any atom is -0.490 e. The van der Waals surface area contributed by atoms with E-state index in [1.165, 1.54) is 13.3 Å². The van der Waals surface area contributed by atoms with E-state index in [0.29, 0.717) is 45.2 Å². The molecule has 180 valence electrons. The number of fused-ring (bicyclic) bond motifs is 1. The van der Waals surface area contributed by atoms with E-state index in [-0.39, 0.29) is 19.9 Å². The molecule has 0 aromatic heterocycles. The van der Waals surface area contributed by atoms with Crippen molar-refractivity contribution in [2.24, 2.45) is 5.10 Å². The van der Waals surface area contributed by atoms with Crippen molar-refractivity contribution in [3.63, 3.8) is 0 Å². The van der Waals surface area contributed by atoms with E-state index in [2.05, 4.69) is 36.5 Å².